The Labute approximate surface area is 154 Å². The number of rotatable bonds is 3. The molecule has 0 spiro atoms. The SMILES string of the molecule is CCc1ccc([C@H]2C[C@H](C)CCN2c2cc(C(F)(F)F)nc3ncnn23)o1. The molecular weight excluding hydrogens is 359 g/mol. The van der Waals surface area contributed by atoms with Crippen LogP contribution in [0.5, 0.6) is 0 Å². The summed E-state index contributed by atoms with van der Waals surface area (Å²) in [5, 5.41) is 4.09. The molecule has 9 heteroatoms. The standard InChI is InChI=1S/C18H20F3N5O/c1-3-12-4-5-14(27-12)13-8-11(2)6-7-25(13)16-9-15(18(19,20)21)24-17-22-10-23-26(16)17/h4-5,9-11,13H,3,6-8H2,1-2H3/t11-,13-/m1/s1. The first-order chi connectivity index (χ1) is 12.9. The number of hydrogen-bond acceptors (Lipinski definition) is 5. The van der Waals surface area contributed by atoms with E-state index in [1.54, 1.807) is 0 Å². The molecule has 6 nitrogen and oxygen atoms in total. The number of nitrogens with zero attached hydrogens (tertiary/aromatic N) is 5. The van der Waals surface area contributed by atoms with Crippen molar-refractivity contribution in [2.24, 2.45) is 5.92 Å². The molecule has 1 fully saturated rings. The third-order valence-corrected chi connectivity index (χ3v) is 5.04. The second-order valence-corrected chi connectivity index (χ2v) is 6.97. The van der Waals surface area contributed by atoms with E-state index >= 15 is 0 Å². The summed E-state index contributed by atoms with van der Waals surface area (Å²) in [6.07, 6.45) is -0.909. The number of alkyl halides is 3. The first-order valence-corrected chi connectivity index (χ1v) is 9.00. The molecule has 27 heavy (non-hydrogen) atoms. The average Bonchev–Trinajstić information content (AvgIpc) is 3.29. The van der Waals surface area contributed by atoms with Gasteiger partial charge < -0.3 is 9.32 Å². The highest BCUT2D eigenvalue weighted by atomic mass is 19.4. The summed E-state index contributed by atoms with van der Waals surface area (Å²) in [5.41, 5.74) is -0.968. The Morgan fingerprint density at radius 1 is 1.30 bits per heavy atom. The van der Waals surface area contributed by atoms with E-state index in [9.17, 15) is 13.2 Å². The van der Waals surface area contributed by atoms with E-state index in [0.717, 1.165) is 36.8 Å². The van der Waals surface area contributed by atoms with Crippen LogP contribution < -0.4 is 4.90 Å². The molecule has 4 heterocycles. The number of furan rings is 1. The summed E-state index contributed by atoms with van der Waals surface area (Å²) in [6, 6.07) is 4.73. The lowest BCUT2D eigenvalue weighted by atomic mass is 9.91. The van der Waals surface area contributed by atoms with Crippen molar-refractivity contribution < 1.29 is 17.6 Å². The zero-order valence-corrected chi connectivity index (χ0v) is 15.1. The minimum absolute atomic E-state index is 0.0640. The Morgan fingerprint density at radius 3 is 2.81 bits per heavy atom. The van der Waals surface area contributed by atoms with E-state index in [0.29, 0.717) is 18.3 Å². The highest BCUT2D eigenvalue weighted by Gasteiger charge is 2.37. The van der Waals surface area contributed by atoms with Crippen LogP contribution in [-0.4, -0.2) is 26.1 Å². The molecule has 0 aromatic carbocycles. The molecule has 1 saturated heterocycles. The topological polar surface area (TPSA) is 59.5 Å². The monoisotopic (exact) mass is 379 g/mol. The zero-order chi connectivity index (χ0) is 19.2. The molecule has 0 aliphatic carbocycles. The predicted octanol–water partition coefficient (Wildman–Crippen LogP) is 4.28. The van der Waals surface area contributed by atoms with Crippen molar-refractivity contribution >= 4 is 11.6 Å². The number of hydrogen-bond donors (Lipinski definition) is 0. The van der Waals surface area contributed by atoms with Crippen LogP contribution in [0.25, 0.3) is 5.78 Å². The lowest BCUT2D eigenvalue weighted by Gasteiger charge is -2.39. The number of piperidine rings is 1. The lowest BCUT2D eigenvalue weighted by Crippen LogP contribution is -2.37. The van der Waals surface area contributed by atoms with Crippen molar-refractivity contribution in [2.45, 2.75) is 45.3 Å². The quantitative estimate of drug-likeness (QED) is 0.680. The Balaban J connectivity index is 1.83. The number of aromatic nitrogens is 4. The van der Waals surface area contributed by atoms with E-state index in [1.807, 2.05) is 24.0 Å². The maximum Gasteiger partial charge on any atom is 0.433 e. The van der Waals surface area contributed by atoms with E-state index in [4.69, 9.17) is 4.42 Å². The van der Waals surface area contributed by atoms with Crippen molar-refractivity contribution in [3.05, 3.63) is 41.7 Å². The highest BCUT2D eigenvalue weighted by Crippen LogP contribution is 2.39. The second-order valence-electron chi connectivity index (χ2n) is 6.97. The summed E-state index contributed by atoms with van der Waals surface area (Å²) in [7, 11) is 0. The Morgan fingerprint density at radius 2 is 2.11 bits per heavy atom. The molecule has 0 saturated carbocycles. The molecule has 0 radical (unpaired) electrons. The van der Waals surface area contributed by atoms with Gasteiger partial charge in [-0.2, -0.15) is 27.8 Å². The minimum atomic E-state index is -4.55. The van der Waals surface area contributed by atoms with Crippen molar-refractivity contribution in [1.29, 1.82) is 0 Å². The van der Waals surface area contributed by atoms with Crippen LogP contribution >= 0.6 is 0 Å². The smallest absolute Gasteiger partial charge is 0.433 e. The van der Waals surface area contributed by atoms with Gasteiger partial charge in [0.05, 0.1) is 6.04 Å². The van der Waals surface area contributed by atoms with E-state index in [2.05, 4.69) is 22.0 Å². The summed E-state index contributed by atoms with van der Waals surface area (Å²) in [4.78, 5) is 9.40. The Kier molecular flexibility index (Phi) is 4.32. The van der Waals surface area contributed by atoms with Gasteiger partial charge in [0.15, 0.2) is 5.69 Å². The molecule has 1 aliphatic rings. The molecule has 1 aliphatic heterocycles. The zero-order valence-electron chi connectivity index (χ0n) is 15.1. The molecule has 3 aromatic heterocycles. The van der Waals surface area contributed by atoms with Crippen molar-refractivity contribution in [3.63, 3.8) is 0 Å². The molecule has 0 bridgehead atoms. The van der Waals surface area contributed by atoms with Gasteiger partial charge in [-0.25, -0.2) is 4.98 Å². The van der Waals surface area contributed by atoms with Crippen molar-refractivity contribution in [2.75, 3.05) is 11.4 Å². The van der Waals surface area contributed by atoms with Crippen LogP contribution in [-0.2, 0) is 12.6 Å². The van der Waals surface area contributed by atoms with E-state index in [-0.39, 0.29) is 11.8 Å². The lowest BCUT2D eigenvalue weighted by molar-refractivity contribution is -0.141. The van der Waals surface area contributed by atoms with Crippen LogP contribution in [0.2, 0.25) is 0 Å². The number of halogens is 3. The first kappa shape index (κ1) is 17.8. The molecule has 144 valence electrons. The molecule has 0 unspecified atom stereocenters. The van der Waals surface area contributed by atoms with Gasteiger partial charge >= 0.3 is 6.18 Å². The van der Waals surface area contributed by atoms with Gasteiger partial charge in [0, 0.05) is 19.0 Å². The molecule has 4 rings (SSSR count). The molecular formula is C18H20F3N5O. The van der Waals surface area contributed by atoms with Gasteiger partial charge in [0.25, 0.3) is 5.78 Å². The van der Waals surface area contributed by atoms with Crippen LogP contribution in [0.15, 0.2) is 28.9 Å². The average molecular weight is 379 g/mol. The summed E-state index contributed by atoms with van der Waals surface area (Å²) < 4.78 is 47.3. The summed E-state index contributed by atoms with van der Waals surface area (Å²) >= 11 is 0. The Hall–Kier alpha value is -2.58. The van der Waals surface area contributed by atoms with Gasteiger partial charge in [-0.3, -0.25) is 0 Å². The van der Waals surface area contributed by atoms with Crippen LogP contribution in [0.3, 0.4) is 0 Å². The van der Waals surface area contributed by atoms with Gasteiger partial charge in [-0.05, 0) is 30.9 Å². The van der Waals surface area contributed by atoms with E-state index < -0.39 is 11.9 Å². The third-order valence-electron chi connectivity index (χ3n) is 5.04. The van der Waals surface area contributed by atoms with Gasteiger partial charge in [0.2, 0.25) is 0 Å². The first-order valence-electron chi connectivity index (χ1n) is 9.00. The number of anilines is 1. The van der Waals surface area contributed by atoms with Gasteiger partial charge in [-0.1, -0.05) is 13.8 Å². The Bertz CT molecular complexity index is 948. The predicted molar refractivity (Wildman–Crippen MR) is 92.4 cm³/mol. The largest absolute Gasteiger partial charge is 0.464 e. The normalized spacial score (nSPS) is 21.1. The molecule has 3 aromatic rings. The summed E-state index contributed by atoms with van der Waals surface area (Å²) in [5.74, 6) is 2.33. The van der Waals surface area contributed by atoms with Crippen LogP contribution in [0.1, 0.15) is 49.9 Å². The van der Waals surface area contributed by atoms with Crippen LogP contribution in [0.4, 0.5) is 19.0 Å². The van der Waals surface area contributed by atoms with E-state index in [1.165, 1.54) is 10.8 Å². The second kappa shape index (κ2) is 6.54. The maximum absolute atomic E-state index is 13.3. The molecule has 0 N–H and O–H groups in total. The maximum atomic E-state index is 13.3. The molecule has 0 amide bonds. The van der Waals surface area contributed by atoms with Crippen molar-refractivity contribution in [3.8, 4) is 0 Å². The number of aryl methyl sites for hydroxylation is 1. The third kappa shape index (κ3) is 3.26. The van der Waals surface area contributed by atoms with Gasteiger partial charge in [0.1, 0.15) is 23.7 Å². The molecule has 2 atom stereocenters. The van der Waals surface area contributed by atoms with Gasteiger partial charge in [-0.15, -0.1) is 0 Å². The fourth-order valence-corrected chi connectivity index (χ4v) is 3.60. The number of fused-ring (bicyclic) bond motifs is 1. The fraction of sp³-hybridized carbons (Fsp3) is 0.500. The fourth-order valence-electron chi connectivity index (χ4n) is 3.60. The van der Waals surface area contributed by atoms with Crippen LogP contribution in [0, 0.1) is 5.92 Å². The van der Waals surface area contributed by atoms with Crippen molar-refractivity contribution in [1.82, 2.24) is 19.6 Å². The summed E-state index contributed by atoms with van der Waals surface area (Å²) in [6.45, 7) is 4.75. The minimum Gasteiger partial charge on any atom is -0.464 e. The highest BCUT2D eigenvalue weighted by molar-refractivity contribution is 5.50.